The standard InChI is InChI=1S/C35H43N3O4/c1-2-3-17-36-35(40)25-42-32-13-12-27-10-7-11-30(19-29(27)21-32)37-22-31(39)24-41-33-14-15-34-28(20-33)16-18-38(34)23-26-8-5-4-6-9-26/h4-6,8-9,12-16,18,20-21,30-31,37,39H,2-3,7,10-11,17,19,22-25H2,1H3,(H,36,40)/t30?,31-/m0/s1. The van der Waals surface area contributed by atoms with E-state index in [-0.39, 0.29) is 25.2 Å². The SMILES string of the molecule is CCCCNC(=O)COc1ccc2c(c1)CC(NC[C@H](O)COc1ccc3c(ccn3Cc3ccccc3)c1)CCC2. The number of hydrogen-bond donors (Lipinski definition) is 3. The van der Waals surface area contributed by atoms with Gasteiger partial charge >= 0.3 is 0 Å². The molecule has 2 atom stereocenters. The van der Waals surface area contributed by atoms with Crippen molar-refractivity contribution < 1.29 is 19.4 Å². The molecule has 3 aromatic carbocycles. The van der Waals surface area contributed by atoms with Crippen LogP contribution in [0.4, 0.5) is 0 Å². The van der Waals surface area contributed by atoms with Gasteiger partial charge in [0.05, 0.1) is 0 Å². The highest BCUT2D eigenvalue weighted by Crippen LogP contribution is 2.26. The molecular formula is C35H43N3O4. The van der Waals surface area contributed by atoms with Crippen molar-refractivity contribution in [3.05, 3.63) is 95.7 Å². The van der Waals surface area contributed by atoms with Gasteiger partial charge in [0.2, 0.25) is 0 Å². The minimum atomic E-state index is -0.619. The summed E-state index contributed by atoms with van der Waals surface area (Å²) in [4.78, 5) is 12.0. The van der Waals surface area contributed by atoms with Gasteiger partial charge in [-0.25, -0.2) is 0 Å². The van der Waals surface area contributed by atoms with Gasteiger partial charge in [0, 0.05) is 42.8 Å². The number of aliphatic hydroxyl groups is 1. The quantitative estimate of drug-likeness (QED) is 0.143. The van der Waals surface area contributed by atoms with E-state index in [4.69, 9.17) is 9.47 Å². The van der Waals surface area contributed by atoms with Gasteiger partial charge in [0.25, 0.3) is 5.91 Å². The fourth-order valence-corrected chi connectivity index (χ4v) is 5.55. The van der Waals surface area contributed by atoms with Crippen LogP contribution in [0.15, 0.2) is 79.0 Å². The number of carbonyl (C=O) groups is 1. The van der Waals surface area contributed by atoms with Crippen LogP contribution >= 0.6 is 0 Å². The number of fused-ring (bicyclic) bond motifs is 2. The minimum absolute atomic E-state index is 0.0306. The Labute approximate surface area is 248 Å². The van der Waals surface area contributed by atoms with E-state index < -0.39 is 6.10 Å². The van der Waals surface area contributed by atoms with Crippen LogP contribution in [-0.4, -0.2) is 54.0 Å². The Balaban J connectivity index is 1.08. The number of rotatable bonds is 14. The summed E-state index contributed by atoms with van der Waals surface area (Å²) in [6, 6.07) is 25.0. The van der Waals surface area contributed by atoms with E-state index in [0.717, 1.165) is 67.5 Å². The molecule has 0 radical (unpaired) electrons. The smallest absolute Gasteiger partial charge is 0.257 e. The zero-order valence-electron chi connectivity index (χ0n) is 24.6. The van der Waals surface area contributed by atoms with E-state index in [0.29, 0.717) is 13.1 Å². The van der Waals surface area contributed by atoms with Gasteiger partial charge in [-0.3, -0.25) is 4.79 Å². The van der Waals surface area contributed by atoms with Crippen LogP contribution in [0.1, 0.15) is 49.3 Å². The van der Waals surface area contributed by atoms with Crippen molar-refractivity contribution in [1.29, 1.82) is 0 Å². The molecule has 1 heterocycles. The highest BCUT2D eigenvalue weighted by atomic mass is 16.5. The van der Waals surface area contributed by atoms with Crippen molar-refractivity contribution >= 4 is 16.8 Å². The number of ether oxygens (including phenoxy) is 2. The Bertz CT molecular complexity index is 1430. The van der Waals surface area contributed by atoms with E-state index in [1.807, 2.05) is 24.3 Å². The Morgan fingerprint density at radius 1 is 1.02 bits per heavy atom. The van der Waals surface area contributed by atoms with Crippen molar-refractivity contribution in [2.24, 2.45) is 0 Å². The first-order valence-corrected chi connectivity index (χ1v) is 15.3. The van der Waals surface area contributed by atoms with E-state index in [1.54, 1.807) is 0 Å². The molecule has 7 nitrogen and oxygen atoms in total. The average molecular weight is 570 g/mol. The van der Waals surface area contributed by atoms with E-state index >= 15 is 0 Å². The number of carbonyl (C=O) groups excluding carboxylic acids is 1. The fourth-order valence-electron chi connectivity index (χ4n) is 5.55. The number of aryl methyl sites for hydroxylation is 1. The van der Waals surface area contributed by atoms with E-state index in [2.05, 4.69) is 76.9 Å². The van der Waals surface area contributed by atoms with Gasteiger partial charge in [0.15, 0.2) is 6.61 Å². The van der Waals surface area contributed by atoms with Crippen molar-refractivity contribution in [2.75, 3.05) is 26.3 Å². The highest BCUT2D eigenvalue weighted by molar-refractivity contribution is 5.81. The fraction of sp³-hybridized carbons (Fsp3) is 0.400. The van der Waals surface area contributed by atoms with Gasteiger partial charge in [-0.1, -0.05) is 49.7 Å². The lowest BCUT2D eigenvalue weighted by Crippen LogP contribution is -2.39. The first-order valence-electron chi connectivity index (χ1n) is 15.3. The molecule has 4 aromatic rings. The molecule has 1 aliphatic carbocycles. The molecule has 0 bridgehead atoms. The summed E-state index contributed by atoms with van der Waals surface area (Å²) in [5.74, 6) is 1.39. The third kappa shape index (κ3) is 8.37. The number of hydrogen-bond acceptors (Lipinski definition) is 5. The summed E-state index contributed by atoms with van der Waals surface area (Å²) in [5.41, 5.74) is 4.99. The molecule has 222 valence electrons. The molecule has 1 unspecified atom stereocenters. The summed E-state index contributed by atoms with van der Waals surface area (Å²) in [5, 5.41) is 18.2. The van der Waals surface area contributed by atoms with Crippen LogP contribution in [0, 0.1) is 0 Å². The predicted molar refractivity (Wildman–Crippen MR) is 167 cm³/mol. The minimum Gasteiger partial charge on any atom is -0.491 e. The number of nitrogens with one attached hydrogen (secondary N) is 2. The van der Waals surface area contributed by atoms with Crippen LogP contribution in [0.5, 0.6) is 11.5 Å². The molecule has 42 heavy (non-hydrogen) atoms. The topological polar surface area (TPSA) is 84.8 Å². The normalized spacial score (nSPS) is 15.5. The Morgan fingerprint density at radius 3 is 2.71 bits per heavy atom. The molecular weight excluding hydrogens is 526 g/mol. The highest BCUT2D eigenvalue weighted by Gasteiger charge is 2.19. The lowest BCUT2D eigenvalue weighted by Gasteiger charge is -2.20. The summed E-state index contributed by atoms with van der Waals surface area (Å²) >= 11 is 0. The van der Waals surface area contributed by atoms with Gasteiger partial charge < -0.3 is 29.8 Å². The second-order valence-corrected chi connectivity index (χ2v) is 11.2. The molecule has 7 heteroatoms. The van der Waals surface area contributed by atoms with E-state index in [9.17, 15) is 9.90 Å². The van der Waals surface area contributed by atoms with Crippen molar-refractivity contribution in [1.82, 2.24) is 15.2 Å². The monoisotopic (exact) mass is 569 g/mol. The molecule has 1 aliphatic rings. The van der Waals surface area contributed by atoms with E-state index in [1.165, 1.54) is 16.7 Å². The van der Waals surface area contributed by atoms with Crippen LogP contribution < -0.4 is 20.1 Å². The molecule has 3 N–H and O–H groups in total. The number of aliphatic hydroxyl groups excluding tert-OH is 1. The first kappa shape index (κ1) is 29.7. The van der Waals surface area contributed by atoms with Gasteiger partial charge in [-0.05, 0) is 85.2 Å². The van der Waals surface area contributed by atoms with Gasteiger partial charge in [-0.2, -0.15) is 0 Å². The van der Waals surface area contributed by atoms with Crippen molar-refractivity contribution in [3.63, 3.8) is 0 Å². The third-order valence-electron chi connectivity index (χ3n) is 7.89. The summed E-state index contributed by atoms with van der Waals surface area (Å²) in [6.07, 6.45) is 7.51. The third-order valence-corrected chi connectivity index (χ3v) is 7.89. The maximum atomic E-state index is 12.0. The summed E-state index contributed by atoms with van der Waals surface area (Å²) < 4.78 is 14.0. The molecule has 0 saturated heterocycles. The van der Waals surface area contributed by atoms with Gasteiger partial charge in [0.1, 0.15) is 24.2 Å². The molecule has 0 aliphatic heterocycles. The molecule has 5 rings (SSSR count). The summed E-state index contributed by atoms with van der Waals surface area (Å²) in [6.45, 7) is 4.33. The van der Waals surface area contributed by atoms with Crippen molar-refractivity contribution in [2.45, 2.75) is 64.1 Å². The predicted octanol–water partition coefficient (Wildman–Crippen LogP) is 5.26. The molecule has 0 spiro atoms. The molecule has 1 amide bonds. The molecule has 0 saturated carbocycles. The molecule has 0 fully saturated rings. The zero-order valence-corrected chi connectivity index (χ0v) is 24.6. The summed E-state index contributed by atoms with van der Waals surface area (Å²) in [7, 11) is 0. The number of benzene rings is 3. The second kappa shape index (κ2) is 14.9. The lowest BCUT2D eigenvalue weighted by molar-refractivity contribution is -0.123. The average Bonchev–Trinajstić information content (AvgIpc) is 3.28. The number of nitrogens with zero attached hydrogens (tertiary/aromatic N) is 1. The van der Waals surface area contributed by atoms with Crippen LogP contribution in [0.2, 0.25) is 0 Å². The largest absolute Gasteiger partial charge is 0.491 e. The number of aromatic nitrogens is 1. The molecule has 1 aromatic heterocycles. The maximum absolute atomic E-state index is 12.0. The van der Waals surface area contributed by atoms with Gasteiger partial charge in [-0.15, -0.1) is 0 Å². The van der Waals surface area contributed by atoms with Crippen LogP contribution in [-0.2, 0) is 24.2 Å². The second-order valence-electron chi connectivity index (χ2n) is 11.2. The lowest BCUT2D eigenvalue weighted by atomic mass is 10.0. The number of amides is 1. The Morgan fingerprint density at radius 2 is 1.86 bits per heavy atom. The maximum Gasteiger partial charge on any atom is 0.257 e. The number of unbranched alkanes of at least 4 members (excludes halogenated alkanes) is 1. The van der Waals surface area contributed by atoms with Crippen molar-refractivity contribution in [3.8, 4) is 11.5 Å². The zero-order chi connectivity index (χ0) is 29.1. The Hall–Kier alpha value is -3.81. The Kier molecular flexibility index (Phi) is 10.5. The first-order chi connectivity index (χ1) is 20.6. The van der Waals surface area contributed by atoms with Crippen LogP contribution in [0.3, 0.4) is 0 Å². The van der Waals surface area contributed by atoms with Crippen LogP contribution in [0.25, 0.3) is 10.9 Å².